The number of hydrogen-bond donors (Lipinski definition) is 3. The SMILES string of the molecule is CC(O)c1ccccc1-c1ccc2nc(C#Cc3ccc(NS(C)=O)cc3)[nH]c2c1. The highest BCUT2D eigenvalue weighted by Crippen LogP contribution is 2.29. The van der Waals surface area contributed by atoms with Gasteiger partial charge in [0.1, 0.15) is 11.0 Å². The normalized spacial score (nSPS) is 12.8. The number of aliphatic hydroxyl groups is 1. The summed E-state index contributed by atoms with van der Waals surface area (Å²) in [4.78, 5) is 7.81. The molecule has 30 heavy (non-hydrogen) atoms. The maximum Gasteiger partial charge on any atom is 0.184 e. The van der Waals surface area contributed by atoms with Gasteiger partial charge in [0.15, 0.2) is 5.82 Å². The minimum absolute atomic E-state index is 0.543. The van der Waals surface area contributed by atoms with E-state index in [1.807, 2.05) is 66.7 Å². The van der Waals surface area contributed by atoms with Crippen molar-refractivity contribution in [3.8, 4) is 23.0 Å². The predicted molar refractivity (Wildman–Crippen MR) is 122 cm³/mol. The van der Waals surface area contributed by atoms with E-state index in [4.69, 9.17) is 0 Å². The molecule has 0 saturated heterocycles. The molecule has 4 aromatic rings. The molecule has 1 heterocycles. The number of nitrogens with zero attached hydrogens (tertiary/aromatic N) is 1. The molecule has 150 valence electrons. The highest BCUT2D eigenvalue weighted by Gasteiger charge is 2.10. The number of hydrogen-bond acceptors (Lipinski definition) is 3. The number of aromatic nitrogens is 2. The van der Waals surface area contributed by atoms with Crippen LogP contribution in [0.15, 0.2) is 66.7 Å². The minimum Gasteiger partial charge on any atom is -0.389 e. The highest BCUT2D eigenvalue weighted by atomic mass is 32.2. The number of benzene rings is 3. The zero-order chi connectivity index (χ0) is 21.1. The van der Waals surface area contributed by atoms with Gasteiger partial charge < -0.3 is 14.8 Å². The number of H-pyrrole nitrogens is 1. The first-order valence-electron chi connectivity index (χ1n) is 9.49. The van der Waals surface area contributed by atoms with Gasteiger partial charge in [-0.05, 0) is 65.9 Å². The second-order valence-electron chi connectivity index (χ2n) is 6.96. The van der Waals surface area contributed by atoms with Crippen molar-refractivity contribution < 1.29 is 9.32 Å². The number of imidazole rings is 1. The Morgan fingerprint density at radius 2 is 1.83 bits per heavy atom. The van der Waals surface area contributed by atoms with Crippen LogP contribution in [0.2, 0.25) is 0 Å². The summed E-state index contributed by atoms with van der Waals surface area (Å²) in [5.41, 5.74) is 6.26. The third kappa shape index (κ3) is 4.43. The van der Waals surface area contributed by atoms with Crippen LogP contribution in [0.25, 0.3) is 22.2 Å². The van der Waals surface area contributed by atoms with Crippen LogP contribution >= 0.6 is 0 Å². The monoisotopic (exact) mass is 415 g/mol. The van der Waals surface area contributed by atoms with E-state index < -0.39 is 17.1 Å². The molecule has 0 amide bonds. The molecule has 0 fully saturated rings. The molecule has 0 aliphatic heterocycles. The molecule has 3 N–H and O–H groups in total. The lowest BCUT2D eigenvalue weighted by molar-refractivity contribution is 0.200. The smallest absolute Gasteiger partial charge is 0.184 e. The van der Waals surface area contributed by atoms with Crippen molar-refractivity contribution in [2.45, 2.75) is 13.0 Å². The molecule has 0 aliphatic carbocycles. The molecule has 0 bridgehead atoms. The Morgan fingerprint density at radius 3 is 2.57 bits per heavy atom. The summed E-state index contributed by atoms with van der Waals surface area (Å²) < 4.78 is 14.1. The van der Waals surface area contributed by atoms with Crippen LogP contribution < -0.4 is 4.72 Å². The van der Waals surface area contributed by atoms with Gasteiger partial charge in [-0.15, -0.1) is 0 Å². The molecule has 5 nitrogen and oxygen atoms in total. The van der Waals surface area contributed by atoms with E-state index in [9.17, 15) is 9.32 Å². The maximum absolute atomic E-state index is 11.2. The Balaban J connectivity index is 1.61. The standard InChI is InChI=1S/C24H21N3O2S/c1-16(28)20-5-3-4-6-21(20)18-10-13-22-23(15-18)26-24(25-22)14-9-17-7-11-19(12-8-17)27-30(2)29/h3-8,10-13,15-16,27-28H,1-2H3,(H,25,26). The lowest BCUT2D eigenvalue weighted by Gasteiger charge is -2.11. The third-order valence-corrected chi connectivity index (χ3v) is 5.20. The average molecular weight is 416 g/mol. The fourth-order valence-electron chi connectivity index (χ4n) is 3.28. The summed E-state index contributed by atoms with van der Waals surface area (Å²) in [6.07, 6.45) is 1.04. The average Bonchev–Trinajstić information content (AvgIpc) is 3.15. The van der Waals surface area contributed by atoms with Crippen LogP contribution in [-0.4, -0.2) is 25.5 Å². The first-order valence-corrected chi connectivity index (χ1v) is 11.0. The Hall–Kier alpha value is -3.40. The molecule has 0 spiro atoms. The Labute approximate surface area is 177 Å². The number of aromatic amines is 1. The third-order valence-electron chi connectivity index (χ3n) is 4.68. The highest BCUT2D eigenvalue weighted by molar-refractivity contribution is 7.85. The predicted octanol–water partition coefficient (Wildman–Crippen LogP) is 4.39. The summed E-state index contributed by atoms with van der Waals surface area (Å²) in [5.74, 6) is 6.74. The Morgan fingerprint density at radius 1 is 1.07 bits per heavy atom. The van der Waals surface area contributed by atoms with Crippen molar-refractivity contribution in [3.05, 3.63) is 83.7 Å². The molecule has 6 heteroatoms. The first kappa shape index (κ1) is 19.9. The molecular formula is C24H21N3O2S. The van der Waals surface area contributed by atoms with Crippen molar-refractivity contribution in [2.24, 2.45) is 0 Å². The fraction of sp³-hybridized carbons (Fsp3) is 0.125. The molecule has 0 radical (unpaired) electrons. The summed E-state index contributed by atoms with van der Waals surface area (Å²) >= 11 is 0. The molecular weight excluding hydrogens is 394 g/mol. The van der Waals surface area contributed by atoms with Crippen LogP contribution in [0.3, 0.4) is 0 Å². The van der Waals surface area contributed by atoms with Crippen molar-refractivity contribution in [1.82, 2.24) is 9.97 Å². The topological polar surface area (TPSA) is 78.0 Å². The van der Waals surface area contributed by atoms with Crippen LogP contribution in [0.5, 0.6) is 0 Å². The lowest BCUT2D eigenvalue weighted by Crippen LogP contribution is -2.00. The van der Waals surface area contributed by atoms with Gasteiger partial charge >= 0.3 is 0 Å². The molecule has 1 aromatic heterocycles. The summed E-state index contributed by atoms with van der Waals surface area (Å²) in [5, 5.41) is 10.1. The van der Waals surface area contributed by atoms with Gasteiger partial charge in [0, 0.05) is 17.5 Å². The van der Waals surface area contributed by atoms with Crippen LogP contribution in [0, 0.1) is 11.8 Å². The van der Waals surface area contributed by atoms with Crippen molar-refractivity contribution >= 4 is 27.7 Å². The van der Waals surface area contributed by atoms with Gasteiger partial charge in [-0.2, -0.15) is 0 Å². The first-order chi connectivity index (χ1) is 14.5. The number of anilines is 1. The number of rotatable bonds is 4. The number of nitrogens with one attached hydrogen (secondary N) is 2. The second-order valence-corrected chi connectivity index (χ2v) is 8.08. The number of fused-ring (bicyclic) bond motifs is 1. The van der Waals surface area contributed by atoms with Crippen LogP contribution in [-0.2, 0) is 11.0 Å². The minimum atomic E-state index is -1.10. The Kier molecular flexibility index (Phi) is 5.66. The summed E-state index contributed by atoms with van der Waals surface area (Å²) in [7, 11) is -1.10. The van der Waals surface area contributed by atoms with E-state index in [1.54, 1.807) is 13.2 Å². The van der Waals surface area contributed by atoms with E-state index in [0.717, 1.165) is 39.0 Å². The molecule has 0 saturated carbocycles. The quantitative estimate of drug-likeness (QED) is 0.433. The van der Waals surface area contributed by atoms with Gasteiger partial charge in [-0.25, -0.2) is 9.19 Å². The van der Waals surface area contributed by atoms with E-state index in [-0.39, 0.29) is 0 Å². The van der Waals surface area contributed by atoms with Crippen molar-refractivity contribution in [3.63, 3.8) is 0 Å². The van der Waals surface area contributed by atoms with Gasteiger partial charge in [-0.1, -0.05) is 36.3 Å². The summed E-state index contributed by atoms with van der Waals surface area (Å²) in [6.45, 7) is 1.77. The van der Waals surface area contributed by atoms with E-state index >= 15 is 0 Å². The second kappa shape index (κ2) is 8.54. The van der Waals surface area contributed by atoms with Crippen LogP contribution in [0.4, 0.5) is 5.69 Å². The number of aliphatic hydroxyl groups excluding tert-OH is 1. The van der Waals surface area contributed by atoms with Crippen molar-refractivity contribution in [2.75, 3.05) is 11.0 Å². The zero-order valence-corrected chi connectivity index (χ0v) is 17.5. The van der Waals surface area contributed by atoms with Gasteiger partial charge in [-0.3, -0.25) is 0 Å². The molecule has 2 unspecified atom stereocenters. The van der Waals surface area contributed by atoms with Crippen LogP contribution in [0.1, 0.15) is 30.0 Å². The largest absolute Gasteiger partial charge is 0.389 e. The molecule has 0 aliphatic rings. The lowest BCUT2D eigenvalue weighted by atomic mass is 9.96. The molecule has 2 atom stereocenters. The fourth-order valence-corrected chi connectivity index (χ4v) is 3.75. The van der Waals surface area contributed by atoms with E-state index in [1.165, 1.54) is 0 Å². The zero-order valence-electron chi connectivity index (χ0n) is 16.6. The summed E-state index contributed by atoms with van der Waals surface area (Å²) in [6, 6.07) is 21.3. The Bertz CT molecular complexity index is 1280. The van der Waals surface area contributed by atoms with E-state index in [2.05, 4.69) is 26.5 Å². The van der Waals surface area contributed by atoms with Gasteiger partial charge in [0.05, 0.1) is 17.1 Å². The maximum atomic E-state index is 11.2. The van der Waals surface area contributed by atoms with Gasteiger partial charge in [0.2, 0.25) is 0 Å². The van der Waals surface area contributed by atoms with Gasteiger partial charge in [0.25, 0.3) is 0 Å². The van der Waals surface area contributed by atoms with E-state index in [0.29, 0.717) is 5.82 Å². The molecule has 4 rings (SSSR count). The van der Waals surface area contributed by atoms with Crippen molar-refractivity contribution in [1.29, 1.82) is 0 Å². The molecule has 3 aromatic carbocycles.